The van der Waals surface area contributed by atoms with Crippen molar-refractivity contribution in [3.8, 4) is 0 Å². The largest absolute Gasteiger partial charge is 0.351 e. The minimum atomic E-state index is -0.900. The Hall–Kier alpha value is -1.98. The van der Waals surface area contributed by atoms with Crippen LogP contribution in [-0.2, 0) is 4.79 Å². The maximum absolute atomic E-state index is 13.6. The Morgan fingerprint density at radius 2 is 1.88 bits per heavy atom. The summed E-state index contributed by atoms with van der Waals surface area (Å²) < 4.78 is 26.4. The molecule has 0 radical (unpaired) electrons. The van der Waals surface area contributed by atoms with E-state index in [1.165, 1.54) is 25.7 Å². The Morgan fingerprint density at radius 3 is 2.64 bits per heavy atom. The van der Waals surface area contributed by atoms with Crippen LogP contribution in [0.4, 0.5) is 8.78 Å². The fourth-order valence-electron chi connectivity index (χ4n) is 4.04. The Balaban J connectivity index is 1.45. The molecular formula is C19H24F2N2O2. The predicted molar refractivity (Wildman–Crippen MR) is 90.0 cm³/mol. The monoisotopic (exact) mass is 350 g/mol. The fourth-order valence-corrected chi connectivity index (χ4v) is 4.04. The average molecular weight is 350 g/mol. The molecule has 1 saturated carbocycles. The van der Waals surface area contributed by atoms with Crippen molar-refractivity contribution in [3.63, 3.8) is 0 Å². The molecule has 0 bridgehead atoms. The number of nitrogens with one attached hydrogen (secondary N) is 1. The summed E-state index contributed by atoms with van der Waals surface area (Å²) in [5.41, 5.74) is -0.211. The summed E-state index contributed by atoms with van der Waals surface area (Å²) in [5, 5.41) is 2.54. The van der Waals surface area contributed by atoms with E-state index in [1.807, 2.05) is 4.90 Å². The number of likely N-dealkylation sites (tertiary alicyclic amines) is 1. The van der Waals surface area contributed by atoms with Crippen molar-refractivity contribution in [3.05, 3.63) is 35.4 Å². The summed E-state index contributed by atoms with van der Waals surface area (Å²) in [5.74, 6) is -0.841. The van der Waals surface area contributed by atoms with Crippen molar-refractivity contribution >= 4 is 11.8 Å². The van der Waals surface area contributed by atoms with Gasteiger partial charge in [-0.3, -0.25) is 9.59 Å². The van der Waals surface area contributed by atoms with Crippen LogP contribution in [0.25, 0.3) is 0 Å². The zero-order valence-electron chi connectivity index (χ0n) is 14.3. The van der Waals surface area contributed by atoms with E-state index in [4.69, 9.17) is 0 Å². The lowest BCUT2D eigenvalue weighted by Gasteiger charge is -2.41. The van der Waals surface area contributed by atoms with E-state index in [0.717, 1.165) is 37.6 Å². The van der Waals surface area contributed by atoms with Gasteiger partial charge in [0, 0.05) is 32.1 Å². The molecule has 3 rings (SSSR count). The molecule has 1 aliphatic heterocycles. The van der Waals surface area contributed by atoms with Gasteiger partial charge in [0.25, 0.3) is 5.91 Å². The van der Waals surface area contributed by atoms with Gasteiger partial charge in [-0.25, -0.2) is 8.78 Å². The van der Waals surface area contributed by atoms with Crippen LogP contribution in [0.2, 0.25) is 0 Å². The molecule has 1 aromatic rings. The summed E-state index contributed by atoms with van der Waals surface area (Å²) in [7, 11) is 0. The Bertz CT molecular complexity index is 650. The highest BCUT2D eigenvalue weighted by molar-refractivity contribution is 5.94. The summed E-state index contributed by atoms with van der Waals surface area (Å²) in [4.78, 5) is 26.2. The van der Waals surface area contributed by atoms with Gasteiger partial charge in [0.2, 0.25) is 5.91 Å². The number of benzene rings is 1. The van der Waals surface area contributed by atoms with Crippen LogP contribution in [0.15, 0.2) is 18.2 Å². The number of carbonyl (C=O) groups excluding carboxylic acids is 2. The van der Waals surface area contributed by atoms with Gasteiger partial charge in [-0.15, -0.1) is 0 Å². The Kier molecular flexibility index (Phi) is 5.66. The van der Waals surface area contributed by atoms with E-state index in [0.29, 0.717) is 12.0 Å². The first kappa shape index (κ1) is 17.8. The van der Waals surface area contributed by atoms with Gasteiger partial charge in [0.1, 0.15) is 11.6 Å². The predicted octanol–water partition coefficient (Wildman–Crippen LogP) is 3.12. The van der Waals surface area contributed by atoms with E-state index in [9.17, 15) is 18.4 Å². The van der Waals surface area contributed by atoms with Crippen LogP contribution < -0.4 is 5.32 Å². The number of fused-ring (bicyclic) bond motifs is 1. The smallest absolute Gasteiger partial charge is 0.254 e. The summed E-state index contributed by atoms with van der Waals surface area (Å²) >= 11 is 0. The molecule has 2 atom stereocenters. The van der Waals surface area contributed by atoms with E-state index in [-0.39, 0.29) is 24.4 Å². The van der Waals surface area contributed by atoms with Crippen LogP contribution >= 0.6 is 0 Å². The van der Waals surface area contributed by atoms with Crippen LogP contribution in [0, 0.1) is 23.5 Å². The van der Waals surface area contributed by atoms with Crippen LogP contribution in [-0.4, -0.2) is 36.3 Å². The number of rotatable bonds is 4. The third-order valence-electron chi connectivity index (χ3n) is 5.44. The highest BCUT2D eigenvalue weighted by Gasteiger charge is 2.32. The molecule has 0 aromatic heterocycles. The molecule has 4 nitrogen and oxygen atoms in total. The molecule has 2 aliphatic rings. The van der Waals surface area contributed by atoms with Crippen molar-refractivity contribution in [1.82, 2.24) is 10.2 Å². The van der Waals surface area contributed by atoms with Gasteiger partial charge in [0.15, 0.2) is 0 Å². The van der Waals surface area contributed by atoms with E-state index in [1.54, 1.807) is 0 Å². The first-order chi connectivity index (χ1) is 12.0. The molecule has 136 valence electrons. The topological polar surface area (TPSA) is 49.4 Å². The minimum absolute atomic E-state index is 0.0314. The fraction of sp³-hybridized carbons (Fsp3) is 0.579. The second-order valence-electron chi connectivity index (χ2n) is 7.06. The molecule has 6 heteroatoms. The van der Waals surface area contributed by atoms with Crippen LogP contribution in [0.3, 0.4) is 0 Å². The van der Waals surface area contributed by atoms with Crippen molar-refractivity contribution in [2.75, 3.05) is 19.6 Å². The number of hydrogen-bond donors (Lipinski definition) is 1. The third kappa shape index (κ3) is 4.35. The van der Waals surface area contributed by atoms with Crippen molar-refractivity contribution < 1.29 is 18.4 Å². The summed E-state index contributed by atoms with van der Waals surface area (Å²) in [6.45, 7) is 1.77. The average Bonchev–Trinajstić information content (AvgIpc) is 2.61. The highest BCUT2D eigenvalue weighted by Crippen LogP contribution is 2.36. The quantitative estimate of drug-likeness (QED) is 0.907. The first-order valence-corrected chi connectivity index (χ1v) is 9.05. The number of piperidine rings is 1. The standard InChI is InChI=1S/C19H24F2N2O2/c20-15-5-6-16(17(21)11-15)19(25)22-9-7-18(24)23-10-8-13-3-1-2-4-14(13)12-23/h5-6,11,13-14H,1-4,7-10,12H2,(H,22,25). The van der Waals surface area contributed by atoms with Crippen LogP contribution in [0.1, 0.15) is 48.9 Å². The Labute approximate surface area is 146 Å². The maximum atomic E-state index is 13.6. The van der Waals surface area contributed by atoms with Crippen molar-refractivity contribution in [2.24, 2.45) is 11.8 Å². The van der Waals surface area contributed by atoms with Gasteiger partial charge in [0.05, 0.1) is 5.56 Å². The number of hydrogen-bond acceptors (Lipinski definition) is 2. The van der Waals surface area contributed by atoms with E-state index in [2.05, 4.69) is 5.32 Å². The zero-order chi connectivity index (χ0) is 17.8. The molecule has 1 saturated heterocycles. The molecule has 0 spiro atoms. The maximum Gasteiger partial charge on any atom is 0.254 e. The van der Waals surface area contributed by atoms with Gasteiger partial charge in [-0.1, -0.05) is 19.3 Å². The molecule has 2 amide bonds. The first-order valence-electron chi connectivity index (χ1n) is 9.05. The lowest BCUT2D eigenvalue weighted by molar-refractivity contribution is -0.134. The van der Waals surface area contributed by atoms with E-state index >= 15 is 0 Å². The molecule has 2 unspecified atom stereocenters. The van der Waals surface area contributed by atoms with Gasteiger partial charge < -0.3 is 10.2 Å². The molecule has 25 heavy (non-hydrogen) atoms. The van der Waals surface area contributed by atoms with Crippen molar-refractivity contribution in [2.45, 2.75) is 38.5 Å². The normalized spacial score (nSPS) is 23.0. The second kappa shape index (κ2) is 7.93. The summed E-state index contributed by atoms with van der Waals surface area (Å²) in [6, 6.07) is 2.82. The molecule has 1 heterocycles. The summed E-state index contributed by atoms with van der Waals surface area (Å²) in [6.07, 6.45) is 6.32. The lowest BCUT2D eigenvalue weighted by Crippen LogP contribution is -2.45. The minimum Gasteiger partial charge on any atom is -0.351 e. The molecular weight excluding hydrogens is 326 g/mol. The molecule has 1 N–H and O–H groups in total. The van der Waals surface area contributed by atoms with Crippen LogP contribution in [0.5, 0.6) is 0 Å². The SMILES string of the molecule is O=C(NCCC(=O)N1CCC2CCCCC2C1)c1ccc(F)cc1F. The second-order valence-corrected chi connectivity index (χ2v) is 7.06. The Morgan fingerprint density at radius 1 is 1.12 bits per heavy atom. The highest BCUT2D eigenvalue weighted by atomic mass is 19.1. The number of carbonyl (C=O) groups is 2. The van der Waals surface area contributed by atoms with Crippen molar-refractivity contribution in [1.29, 1.82) is 0 Å². The third-order valence-corrected chi connectivity index (χ3v) is 5.44. The van der Waals surface area contributed by atoms with Gasteiger partial charge in [-0.2, -0.15) is 0 Å². The zero-order valence-corrected chi connectivity index (χ0v) is 14.3. The molecule has 1 aliphatic carbocycles. The van der Waals surface area contributed by atoms with E-state index < -0.39 is 17.5 Å². The van der Waals surface area contributed by atoms with Gasteiger partial charge in [-0.05, 0) is 36.8 Å². The van der Waals surface area contributed by atoms with Gasteiger partial charge >= 0.3 is 0 Å². The number of halogens is 2. The molecule has 1 aromatic carbocycles. The number of amides is 2. The lowest BCUT2D eigenvalue weighted by atomic mass is 9.75. The number of nitrogens with zero attached hydrogens (tertiary/aromatic N) is 1. The molecule has 2 fully saturated rings.